The van der Waals surface area contributed by atoms with Gasteiger partial charge in [-0.15, -0.1) is 11.3 Å². The lowest BCUT2D eigenvalue weighted by Crippen LogP contribution is -2.60. The number of aryl methyl sites for hydroxylation is 3. The molecule has 0 atom stereocenters. The summed E-state index contributed by atoms with van der Waals surface area (Å²) in [5.74, 6) is 0.884. The largest absolute Gasteiger partial charge is 0.456 e. The van der Waals surface area contributed by atoms with Crippen LogP contribution < -0.4 is 25.5 Å². The van der Waals surface area contributed by atoms with E-state index in [9.17, 15) is 0 Å². The number of nitrogens with zero attached hydrogens (tertiary/aromatic N) is 2. The number of rotatable bonds is 4. The molecule has 0 saturated carbocycles. The number of furan rings is 1. The summed E-state index contributed by atoms with van der Waals surface area (Å²) < 4.78 is 9.34. The van der Waals surface area contributed by atoms with Crippen LogP contribution in [-0.4, -0.2) is 6.71 Å². The molecule has 0 spiro atoms. The number of para-hydroxylation sites is 1. The molecule has 7 aromatic carbocycles. The Hall–Kier alpha value is -6.30. The molecular weight excluding hydrogens is 820 g/mol. The maximum absolute atomic E-state index is 6.65. The predicted octanol–water partition coefficient (Wildman–Crippen LogP) is 15.9. The van der Waals surface area contributed by atoms with E-state index < -0.39 is 0 Å². The van der Waals surface area contributed by atoms with Gasteiger partial charge in [-0.05, 0) is 141 Å². The van der Waals surface area contributed by atoms with Crippen LogP contribution in [0.15, 0.2) is 144 Å². The van der Waals surface area contributed by atoms with Crippen LogP contribution in [-0.2, 0) is 16.2 Å². The average Bonchev–Trinajstić information content (AvgIpc) is 3.88. The summed E-state index contributed by atoms with van der Waals surface area (Å²) in [6.45, 7) is 27.9. The lowest BCUT2D eigenvalue weighted by molar-refractivity contribution is 0.589. The van der Waals surface area contributed by atoms with Crippen molar-refractivity contribution in [1.82, 2.24) is 0 Å². The van der Waals surface area contributed by atoms with Crippen LogP contribution in [0.4, 0.5) is 34.1 Å². The van der Waals surface area contributed by atoms with E-state index in [1.165, 1.54) is 104 Å². The second-order valence-corrected chi connectivity index (χ2v) is 23.1. The lowest BCUT2D eigenvalue weighted by atomic mass is 9.36. The van der Waals surface area contributed by atoms with Crippen molar-refractivity contribution in [3.05, 3.63) is 173 Å². The summed E-state index contributed by atoms with van der Waals surface area (Å²) in [7, 11) is 0. The van der Waals surface area contributed by atoms with Crippen molar-refractivity contribution < 1.29 is 4.42 Å². The van der Waals surface area contributed by atoms with Crippen LogP contribution in [0.3, 0.4) is 0 Å². The van der Waals surface area contributed by atoms with Gasteiger partial charge in [0.1, 0.15) is 11.3 Å². The molecular formula is C61H59BN2OS. The van der Waals surface area contributed by atoms with Crippen molar-refractivity contribution in [3.8, 4) is 22.5 Å². The molecule has 2 aromatic heterocycles. The Morgan fingerprint density at radius 1 is 0.485 bits per heavy atom. The van der Waals surface area contributed by atoms with E-state index in [2.05, 4.69) is 232 Å². The molecule has 0 aliphatic carbocycles. The second-order valence-electron chi connectivity index (χ2n) is 22.0. The van der Waals surface area contributed by atoms with Crippen molar-refractivity contribution in [2.45, 2.75) is 99.3 Å². The maximum Gasteiger partial charge on any atom is 0.264 e. The molecule has 0 unspecified atom stereocenters. The summed E-state index contributed by atoms with van der Waals surface area (Å²) >= 11 is 1.97. The third kappa shape index (κ3) is 6.68. The smallest absolute Gasteiger partial charge is 0.264 e. The molecule has 328 valence electrons. The maximum atomic E-state index is 6.65. The van der Waals surface area contributed by atoms with Crippen molar-refractivity contribution in [2.24, 2.45) is 0 Å². The summed E-state index contributed by atoms with van der Waals surface area (Å²) in [6, 6.07) is 52.7. The van der Waals surface area contributed by atoms with Gasteiger partial charge < -0.3 is 14.2 Å². The summed E-state index contributed by atoms with van der Waals surface area (Å²) in [4.78, 5) is 5.26. The number of thiophene rings is 1. The fourth-order valence-corrected chi connectivity index (χ4v) is 12.0. The Labute approximate surface area is 395 Å². The third-order valence-electron chi connectivity index (χ3n) is 14.2. The van der Waals surface area contributed by atoms with Gasteiger partial charge in [0.05, 0.1) is 17.1 Å². The Morgan fingerprint density at radius 2 is 1.11 bits per heavy atom. The SMILES string of the molecule is Cc1cc(C(C)(C)C)cc(C)c1N1c2cccc3c2B(c2cc(-c4cc5ccccc5o4)ccc2N3c2c(C)cc(C(C)(C)C)cc2-c2ccccc2)c2sc3ccc(C(C)(C)C)cc3c21. The van der Waals surface area contributed by atoms with Crippen molar-refractivity contribution in [1.29, 1.82) is 0 Å². The molecule has 66 heavy (non-hydrogen) atoms. The van der Waals surface area contributed by atoms with Crippen LogP contribution in [0, 0.1) is 20.8 Å². The molecule has 4 heterocycles. The molecule has 2 aliphatic heterocycles. The highest BCUT2D eigenvalue weighted by Crippen LogP contribution is 2.52. The van der Waals surface area contributed by atoms with Gasteiger partial charge in [0, 0.05) is 48.4 Å². The minimum atomic E-state index is -0.0334. The predicted molar refractivity (Wildman–Crippen MR) is 287 cm³/mol. The number of anilines is 6. The van der Waals surface area contributed by atoms with Gasteiger partial charge in [0.15, 0.2) is 0 Å². The number of benzene rings is 7. The highest BCUT2D eigenvalue weighted by atomic mass is 32.1. The second kappa shape index (κ2) is 14.9. The van der Waals surface area contributed by atoms with E-state index in [-0.39, 0.29) is 23.0 Å². The van der Waals surface area contributed by atoms with Gasteiger partial charge in [-0.1, -0.05) is 147 Å². The highest BCUT2D eigenvalue weighted by Gasteiger charge is 2.46. The zero-order valence-corrected chi connectivity index (χ0v) is 41.4. The standard InChI is InChI=1S/C61H59BN2OS/c1-36-29-43(60(7,8)9)30-37(2)55(36)64-50-23-18-22-49-54(50)62(58-57(64)46-34-42(59(4,5)6)26-28-53(46)66-58)47-32-41(52-33-40-21-16-17-24-51(40)65-52)25-27-48(47)63(49)56-38(3)31-44(61(10,11)12)35-45(56)39-19-14-13-15-20-39/h13-35H,1-12H3. The molecule has 3 nitrogen and oxygen atoms in total. The van der Waals surface area contributed by atoms with Crippen LogP contribution in [0.25, 0.3) is 43.5 Å². The minimum Gasteiger partial charge on any atom is -0.456 e. The molecule has 0 bridgehead atoms. The molecule has 0 N–H and O–H groups in total. The minimum absolute atomic E-state index is 0.00986. The quantitative estimate of drug-likeness (QED) is 0.164. The highest BCUT2D eigenvalue weighted by molar-refractivity contribution is 7.33. The van der Waals surface area contributed by atoms with E-state index in [0.717, 1.165) is 22.3 Å². The Balaban J connectivity index is 1.27. The van der Waals surface area contributed by atoms with Crippen LogP contribution in [0.2, 0.25) is 0 Å². The van der Waals surface area contributed by atoms with Gasteiger partial charge in [-0.2, -0.15) is 0 Å². The number of hydrogen-bond donors (Lipinski definition) is 0. The van der Waals surface area contributed by atoms with E-state index in [4.69, 9.17) is 4.42 Å². The molecule has 0 radical (unpaired) electrons. The van der Waals surface area contributed by atoms with Crippen LogP contribution in [0.5, 0.6) is 0 Å². The fraction of sp³-hybridized carbons (Fsp3) is 0.246. The average molecular weight is 879 g/mol. The normalized spacial score (nSPS) is 13.7. The Bertz CT molecular complexity index is 3370. The van der Waals surface area contributed by atoms with Crippen molar-refractivity contribution in [3.63, 3.8) is 0 Å². The Kier molecular flexibility index (Phi) is 9.53. The summed E-state index contributed by atoms with van der Waals surface area (Å²) in [5, 5.41) is 2.43. The van der Waals surface area contributed by atoms with Gasteiger partial charge in [0.25, 0.3) is 6.71 Å². The van der Waals surface area contributed by atoms with E-state index in [0.29, 0.717) is 0 Å². The fourth-order valence-electron chi connectivity index (χ4n) is 10.7. The summed E-state index contributed by atoms with van der Waals surface area (Å²) in [6.07, 6.45) is 0. The molecule has 5 heteroatoms. The van der Waals surface area contributed by atoms with E-state index >= 15 is 0 Å². The van der Waals surface area contributed by atoms with Crippen LogP contribution in [0.1, 0.15) is 95.7 Å². The molecule has 9 aromatic rings. The number of hydrogen-bond acceptors (Lipinski definition) is 4. The molecule has 0 amide bonds. The van der Waals surface area contributed by atoms with E-state index in [1.807, 2.05) is 11.3 Å². The molecule has 0 fully saturated rings. The van der Waals surface area contributed by atoms with Gasteiger partial charge in [0.2, 0.25) is 0 Å². The molecule has 11 rings (SSSR count). The first-order valence-corrected chi connectivity index (χ1v) is 24.4. The third-order valence-corrected chi connectivity index (χ3v) is 15.4. The van der Waals surface area contributed by atoms with Gasteiger partial charge >= 0.3 is 0 Å². The van der Waals surface area contributed by atoms with Gasteiger partial charge in [-0.3, -0.25) is 0 Å². The van der Waals surface area contributed by atoms with Crippen molar-refractivity contribution >= 4 is 88.9 Å². The Morgan fingerprint density at radius 3 is 1.77 bits per heavy atom. The topological polar surface area (TPSA) is 19.6 Å². The monoisotopic (exact) mass is 878 g/mol. The zero-order chi connectivity index (χ0) is 46.2. The first-order chi connectivity index (χ1) is 31.4. The van der Waals surface area contributed by atoms with Crippen molar-refractivity contribution in [2.75, 3.05) is 9.80 Å². The first kappa shape index (κ1) is 42.3. The lowest BCUT2D eigenvalue weighted by Gasteiger charge is -2.44. The van der Waals surface area contributed by atoms with Gasteiger partial charge in [-0.25, -0.2) is 0 Å². The zero-order valence-electron chi connectivity index (χ0n) is 40.6. The first-order valence-electron chi connectivity index (χ1n) is 23.6. The van der Waals surface area contributed by atoms with E-state index in [1.54, 1.807) is 0 Å². The molecule has 2 aliphatic rings. The number of fused-ring (bicyclic) bond motifs is 7. The van der Waals surface area contributed by atoms with Crippen LogP contribution >= 0.6 is 11.3 Å². The molecule has 0 saturated heterocycles. The summed E-state index contributed by atoms with van der Waals surface area (Å²) in [5.41, 5.74) is 22.3.